The number of hydrogen-bond acceptors (Lipinski definition) is 5. The van der Waals surface area contributed by atoms with Crippen LogP contribution in [0.15, 0.2) is 61.1 Å². The van der Waals surface area contributed by atoms with E-state index in [4.69, 9.17) is 5.73 Å². The van der Waals surface area contributed by atoms with Gasteiger partial charge in [0.15, 0.2) is 5.82 Å². The molecule has 2 heterocycles. The molecule has 0 atom stereocenters. The summed E-state index contributed by atoms with van der Waals surface area (Å²) in [6.07, 6.45) is 4.71. The molecule has 0 aliphatic heterocycles. The van der Waals surface area contributed by atoms with Crippen molar-refractivity contribution in [1.82, 2.24) is 15.0 Å². The number of nitrogens with one attached hydrogen (secondary N) is 1. The van der Waals surface area contributed by atoms with E-state index in [9.17, 15) is 4.79 Å². The molecule has 0 bridgehead atoms. The molecule has 0 saturated heterocycles. The molecule has 1 amide bonds. The van der Waals surface area contributed by atoms with Crippen molar-refractivity contribution < 1.29 is 4.79 Å². The lowest BCUT2D eigenvalue weighted by molar-refractivity contribution is 0.102. The van der Waals surface area contributed by atoms with Gasteiger partial charge < -0.3 is 11.1 Å². The summed E-state index contributed by atoms with van der Waals surface area (Å²) in [7, 11) is 0. The largest absolute Gasteiger partial charge is 0.383 e. The van der Waals surface area contributed by atoms with Gasteiger partial charge in [0.2, 0.25) is 0 Å². The number of carbonyl (C=O) groups is 1. The SMILES string of the molecule is Nc1nc(-c2ccncc2)ncc1C(=O)Nc1ccccc1. The lowest BCUT2D eigenvalue weighted by Crippen LogP contribution is -2.15. The molecule has 3 N–H and O–H groups in total. The second-order valence-electron chi connectivity index (χ2n) is 4.55. The minimum absolute atomic E-state index is 0.134. The fraction of sp³-hybridized carbons (Fsp3) is 0. The van der Waals surface area contributed by atoms with E-state index in [-0.39, 0.29) is 17.3 Å². The van der Waals surface area contributed by atoms with Gasteiger partial charge in [-0.25, -0.2) is 9.97 Å². The first-order valence-corrected chi connectivity index (χ1v) is 6.63. The van der Waals surface area contributed by atoms with Crippen molar-refractivity contribution in [3.63, 3.8) is 0 Å². The van der Waals surface area contributed by atoms with Crippen LogP contribution in [0.4, 0.5) is 11.5 Å². The minimum Gasteiger partial charge on any atom is -0.383 e. The van der Waals surface area contributed by atoms with Crippen molar-refractivity contribution in [3.8, 4) is 11.4 Å². The number of nitrogen functional groups attached to an aromatic ring is 1. The smallest absolute Gasteiger partial charge is 0.260 e. The summed E-state index contributed by atoms with van der Waals surface area (Å²) in [5.41, 5.74) is 7.60. The summed E-state index contributed by atoms with van der Waals surface area (Å²) in [5, 5.41) is 2.75. The zero-order valence-electron chi connectivity index (χ0n) is 11.6. The van der Waals surface area contributed by atoms with Crippen LogP contribution in [0, 0.1) is 0 Å². The van der Waals surface area contributed by atoms with E-state index in [1.807, 2.05) is 18.2 Å². The molecule has 108 valence electrons. The van der Waals surface area contributed by atoms with Crippen LogP contribution in [0.3, 0.4) is 0 Å². The van der Waals surface area contributed by atoms with Crippen LogP contribution in [-0.2, 0) is 0 Å². The highest BCUT2D eigenvalue weighted by Crippen LogP contribution is 2.17. The third kappa shape index (κ3) is 2.90. The molecule has 0 saturated carbocycles. The average Bonchev–Trinajstić information content (AvgIpc) is 2.56. The van der Waals surface area contributed by atoms with Gasteiger partial charge in [-0.1, -0.05) is 18.2 Å². The lowest BCUT2D eigenvalue weighted by Gasteiger charge is -2.08. The Morgan fingerprint density at radius 3 is 2.45 bits per heavy atom. The van der Waals surface area contributed by atoms with Gasteiger partial charge in [-0.15, -0.1) is 0 Å². The Bertz CT molecular complexity index is 790. The number of para-hydroxylation sites is 1. The Balaban J connectivity index is 1.85. The molecule has 2 aromatic heterocycles. The van der Waals surface area contributed by atoms with Gasteiger partial charge in [-0.3, -0.25) is 9.78 Å². The van der Waals surface area contributed by atoms with E-state index < -0.39 is 0 Å². The Morgan fingerprint density at radius 1 is 1.05 bits per heavy atom. The summed E-state index contributed by atoms with van der Waals surface area (Å²) in [4.78, 5) is 24.5. The second kappa shape index (κ2) is 6.01. The Hall–Kier alpha value is -3.28. The van der Waals surface area contributed by atoms with Crippen molar-refractivity contribution in [2.24, 2.45) is 0 Å². The fourth-order valence-electron chi connectivity index (χ4n) is 1.93. The summed E-state index contributed by atoms with van der Waals surface area (Å²) >= 11 is 0. The predicted octanol–water partition coefficient (Wildman–Crippen LogP) is 2.37. The molecule has 0 radical (unpaired) electrons. The molecule has 1 aromatic carbocycles. The normalized spacial score (nSPS) is 10.2. The molecular weight excluding hydrogens is 278 g/mol. The van der Waals surface area contributed by atoms with Crippen molar-refractivity contribution in [2.45, 2.75) is 0 Å². The maximum Gasteiger partial charge on any atom is 0.260 e. The van der Waals surface area contributed by atoms with Crippen molar-refractivity contribution in [3.05, 3.63) is 66.6 Å². The number of nitrogens with two attached hydrogens (primary N) is 1. The van der Waals surface area contributed by atoms with E-state index in [1.54, 1.807) is 36.7 Å². The third-order valence-electron chi connectivity index (χ3n) is 3.03. The van der Waals surface area contributed by atoms with E-state index in [1.165, 1.54) is 6.20 Å². The van der Waals surface area contributed by atoms with E-state index >= 15 is 0 Å². The number of rotatable bonds is 3. The first kappa shape index (κ1) is 13.7. The first-order chi connectivity index (χ1) is 10.7. The first-order valence-electron chi connectivity index (χ1n) is 6.63. The number of anilines is 2. The highest BCUT2D eigenvalue weighted by atomic mass is 16.1. The predicted molar refractivity (Wildman–Crippen MR) is 84.1 cm³/mol. The number of nitrogens with zero attached hydrogens (tertiary/aromatic N) is 3. The van der Waals surface area contributed by atoms with Crippen LogP contribution in [0.2, 0.25) is 0 Å². The van der Waals surface area contributed by atoms with Crippen LogP contribution in [0.25, 0.3) is 11.4 Å². The molecule has 6 nitrogen and oxygen atoms in total. The monoisotopic (exact) mass is 291 g/mol. The summed E-state index contributed by atoms with van der Waals surface area (Å²) in [5.74, 6) is 0.247. The highest BCUT2D eigenvalue weighted by molar-refractivity contribution is 6.07. The van der Waals surface area contributed by atoms with Crippen LogP contribution in [0.1, 0.15) is 10.4 Å². The maximum atomic E-state index is 12.2. The molecule has 0 fully saturated rings. The van der Waals surface area contributed by atoms with Crippen molar-refractivity contribution >= 4 is 17.4 Å². The molecule has 0 aliphatic rings. The number of carbonyl (C=O) groups excluding carboxylic acids is 1. The Labute approximate surface area is 127 Å². The van der Waals surface area contributed by atoms with Gasteiger partial charge >= 0.3 is 0 Å². The van der Waals surface area contributed by atoms with Gasteiger partial charge in [-0.05, 0) is 24.3 Å². The number of aromatic nitrogens is 3. The molecule has 0 aliphatic carbocycles. The van der Waals surface area contributed by atoms with E-state index in [0.29, 0.717) is 11.5 Å². The summed E-state index contributed by atoms with van der Waals surface area (Å²) < 4.78 is 0. The van der Waals surface area contributed by atoms with Crippen LogP contribution in [-0.4, -0.2) is 20.9 Å². The zero-order valence-corrected chi connectivity index (χ0v) is 11.6. The molecule has 0 unspecified atom stereocenters. The Morgan fingerprint density at radius 2 is 1.77 bits per heavy atom. The van der Waals surface area contributed by atoms with E-state index in [2.05, 4.69) is 20.3 Å². The van der Waals surface area contributed by atoms with Gasteiger partial charge in [-0.2, -0.15) is 0 Å². The third-order valence-corrected chi connectivity index (χ3v) is 3.03. The van der Waals surface area contributed by atoms with Crippen LogP contribution < -0.4 is 11.1 Å². The number of hydrogen-bond donors (Lipinski definition) is 2. The summed E-state index contributed by atoms with van der Waals surface area (Å²) in [6.45, 7) is 0. The molecule has 3 rings (SSSR count). The quantitative estimate of drug-likeness (QED) is 0.772. The number of pyridine rings is 1. The van der Waals surface area contributed by atoms with Gasteiger partial charge in [0, 0.05) is 29.8 Å². The highest BCUT2D eigenvalue weighted by Gasteiger charge is 2.13. The molecule has 6 heteroatoms. The van der Waals surface area contributed by atoms with E-state index in [0.717, 1.165) is 5.56 Å². The molecule has 22 heavy (non-hydrogen) atoms. The number of amides is 1. The maximum absolute atomic E-state index is 12.2. The number of benzene rings is 1. The topological polar surface area (TPSA) is 93.8 Å². The summed E-state index contributed by atoms with van der Waals surface area (Å²) in [6, 6.07) is 12.7. The molecular formula is C16H13N5O. The van der Waals surface area contributed by atoms with Crippen molar-refractivity contribution in [2.75, 3.05) is 11.1 Å². The molecule has 0 spiro atoms. The standard InChI is InChI=1S/C16H13N5O/c17-14-13(16(22)20-12-4-2-1-3-5-12)10-19-15(21-14)11-6-8-18-9-7-11/h1-10H,(H,20,22)(H2,17,19,21). The van der Waals surface area contributed by atoms with Gasteiger partial charge in [0.1, 0.15) is 11.4 Å². The lowest BCUT2D eigenvalue weighted by atomic mass is 10.2. The minimum atomic E-state index is -0.343. The van der Waals surface area contributed by atoms with Gasteiger partial charge in [0.05, 0.1) is 0 Å². The average molecular weight is 291 g/mol. The second-order valence-corrected chi connectivity index (χ2v) is 4.55. The van der Waals surface area contributed by atoms with Crippen LogP contribution >= 0.6 is 0 Å². The van der Waals surface area contributed by atoms with Gasteiger partial charge in [0.25, 0.3) is 5.91 Å². The Kier molecular flexibility index (Phi) is 3.74. The fourth-order valence-corrected chi connectivity index (χ4v) is 1.93. The van der Waals surface area contributed by atoms with Crippen LogP contribution in [0.5, 0.6) is 0 Å². The molecule has 3 aromatic rings. The van der Waals surface area contributed by atoms with Crippen molar-refractivity contribution in [1.29, 1.82) is 0 Å². The zero-order chi connectivity index (χ0) is 15.4.